The number of carboxylic acid groups (broad SMARTS) is 1. The number of carboxylic acids is 1. The Morgan fingerprint density at radius 1 is 1.06 bits per heavy atom. The third-order valence-corrected chi connectivity index (χ3v) is 7.21. The monoisotopic (exact) mass is 501 g/mol. The van der Waals surface area contributed by atoms with E-state index in [1.807, 2.05) is 0 Å². The standard InChI is InChI=1S/C25H22F3N3O5/c1-29-19-8-6-14(11-13(19)5-10-21(29)32)30-12-17(23(34)35)22(33)31(24(30)36)20-9-7-15-16(20)3-2-4-18(15)25(26,27)28/h2-4,6,8,11,17,20H,5,7,9-10,12H2,1H3,(H,34,35)/t17?,20-/m1/s1. The minimum absolute atomic E-state index is 0.00366. The summed E-state index contributed by atoms with van der Waals surface area (Å²) in [7, 11) is 1.64. The first-order chi connectivity index (χ1) is 17.0. The number of aryl methyl sites for hydroxylation is 1. The number of imide groups is 1. The fourth-order valence-electron chi connectivity index (χ4n) is 5.39. The summed E-state index contributed by atoms with van der Waals surface area (Å²) < 4.78 is 40.6. The maximum Gasteiger partial charge on any atom is 0.416 e. The van der Waals surface area contributed by atoms with Gasteiger partial charge in [0.15, 0.2) is 5.92 Å². The molecule has 8 nitrogen and oxygen atoms in total. The van der Waals surface area contributed by atoms with Crippen LogP contribution in [-0.2, 0) is 33.4 Å². The van der Waals surface area contributed by atoms with E-state index in [0.717, 1.165) is 16.5 Å². The van der Waals surface area contributed by atoms with Crippen molar-refractivity contribution in [3.05, 3.63) is 58.7 Å². The molecule has 0 bridgehead atoms. The third-order valence-electron chi connectivity index (χ3n) is 7.21. The van der Waals surface area contributed by atoms with Crippen LogP contribution in [0, 0.1) is 5.92 Å². The molecule has 1 aliphatic carbocycles. The van der Waals surface area contributed by atoms with E-state index in [9.17, 15) is 37.5 Å². The lowest BCUT2D eigenvalue weighted by molar-refractivity contribution is -0.151. The van der Waals surface area contributed by atoms with Crippen molar-refractivity contribution in [1.29, 1.82) is 0 Å². The van der Waals surface area contributed by atoms with E-state index in [2.05, 4.69) is 0 Å². The summed E-state index contributed by atoms with van der Waals surface area (Å²) in [5, 5.41) is 9.74. The Morgan fingerprint density at radius 2 is 1.81 bits per heavy atom. The summed E-state index contributed by atoms with van der Waals surface area (Å²) in [5.74, 6) is -3.99. The van der Waals surface area contributed by atoms with Gasteiger partial charge in [0.1, 0.15) is 0 Å². The number of halogens is 3. The number of hydrogen-bond donors (Lipinski definition) is 1. The average Bonchev–Trinajstić information content (AvgIpc) is 3.24. The van der Waals surface area contributed by atoms with Crippen LogP contribution < -0.4 is 9.80 Å². The molecule has 2 aliphatic heterocycles. The first-order valence-electron chi connectivity index (χ1n) is 11.4. The lowest BCUT2D eigenvalue weighted by atomic mass is 9.97. The van der Waals surface area contributed by atoms with Crippen molar-refractivity contribution in [3.8, 4) is 0 Å². The molecule has 0 radical (unpaired) electrons. The Kier molecular flexibility index (Phi) is 5.53. The largest absolute Gasteiger partial charge is 0.481 e. The molecule has 0 aromatic heterocycles. The summed E-state index contributed by atoms with van der Waals surface area (Å²) in [6.07, 6.45) is -3.80. The second kappa shape index (κ2) is 8.35. The quantitative estimate of drug-likeness (QED) is 0.646. The number of rotatable bonds is 3. The minimum Gasteiger partial charge on any atom is -0.481 e. The summed E-state index contributed by atoms with van der Waals surface area (Å²) in [6, 6.07) is 6.77. The van der Waals surface area contributed by atoms with Crippen LogP contribution in [-0.4, -0.2) is 47.4 Å². The van der Waals surface area contributed by atoms with Gasteiger partial charge >= 0.3 is 18.2 Å². The molecule has 1 saturated heterocycles. The highest BCUT2D eigenvalue weighted by Gasteiger charge is 2.49. The van der Waals surface area contributed by atoms with Gasteiger partial charge in [-0.05, 0) is 60.2 Å². The van der Waals surface area contributed by atoms with Crippen LogP contribution in [0.5, 0.6) is 0 Å². The van der Waals surface area contributed by atoms with Gasteiger partial charge in [-0.15, -0.1) is 0 Å². The number of benzene rings is 2. The Labute approximate surface area is 203 Å². The van der Waals surface area contributed by atoms with Crippen molar-refractivity contribution in [2.24, 2.45) is 5.92 Å². The van der Waals surface area contributed by atoms with Gasteiger partial charge < -0.3 is 10.0 Å². The van der Waals surface area contributed by atoms with Crippen LogP contribution >= 0.6 is 0 Å². The Bertz CT molecular complexity index is 1310. The first-order valence-corrected chi connectivity index (χ1v) is 11.4. The number of anilines is 2. The van der Waals surface area contributed by atoms with E-state index in [4.69, 9.17) is 0 Å². The van der Waals surface area contributed by atoms with Crippen molar-refractivity contribution in [1.82, 2.24) is 4.90 Å². The van der Waals surface area contributed by atoms with Gasteiger partial charge in [0.05, 0.1) is 11.6 Å². The average molecular weight is 501 g/mol. The predicted molar refractivity (Wildman–Crippen MR) is 121 cm³/mol. The number of carbonyl (C=O) groups is 4. The molecule has 2 atom stereocenters. The van der Waals surface area contributed by atoms with E-state index in [1.165, 1.54) is 21.9 Å². The van der Waals surface area contributed by atoms with Crippen LogP contribution in [0.25, 0.3) is 0 Å². The van der Waals surface area contributed by atoms with Gasteiger partial charge in [-0.25, -0.2) is 4.79 Å². The van der Waals surface area contributed by atoms with E-state index >= 15 is 0 Å². The van der Waals surface area contributed by atoms with Gasteiger partial charge in [0, 0.05) is 31.4 Å². The maximum absolute atomic E-state index is 13.6. The lowest BCUT2D eigenvalue weighted by Gasteiger charge is -2.40. The summed E-state index contributed by atoms with van der Waals surface area (Å²) in [6.45, 7) is -0.404. The van der Waals surface area contributed by atoms with E-state index in [-0.39, 0.29) is 36.3 Å². The number of hydrogen-bond acceptors (Lipinski definition) is 4. The number of fused-ring (bicyclic) bond motifs is 2. The van der Waals surface area contributed by atoms with Crippen LogP contribution in [0.15, 0.2) is 36.4 Å². The molecule has 1 fully saturated rings. The molecule has 2 heterocycles. The van der Waals surface area contributed by atoms with Gasteiger partial charge in [0.2, 0.25) is 11.8 Å². The van der Waals surface area contributed by atoms with Crippen LogP contribution in [0.1, 0.15) is 41.1 Å². The lowest BCUT2D eigenvalue weighted by Crippen LogP contribution is -2.59. The second-order valence-electron chi connectivity index (χ2n) is 9.18. The van der Waals surface area contributed by atoms with Crippen LogP contribution in [0.4, 0.5) is 29.3 Å². The highest BCUT2D eigenvalue weighted by molar-refractivity contribution is 6.12. The van der Waals surface area contributed by atoms with Crippen LogP contribution in [0.2, 0.25) is 0 Å². The topological polar surface area (TPSA) is 98.2 Å². The molecule has 4 amide bonds. The number of urea groups is 1. The number of alkyl halides is 3. The zero-order valence-corrected chi connectivity index (χ0v) is 19.2. The van der Waals surface area contributed by atoms with Gasteiger partial charge in [-0.2, -0.15) is 13.2 Å². The van der Waals surface area contributed by atoms with Crippen molar-refractivity contribution in [2.45, 2.75) is 37.9 Å². The fourth-order valence-corrected chi connectivity index (χ4v) is 5.39. The van der Waals surface area contributed by atoms with Gasteiger partial charge in [-0.3, -0.25) is 24.2 Å². The van der Waals surface area contributed by atoms with E-state index < -0.39 is 48.2 Å². The van der Waals surface area contributed by atoms with Crippen molar-refractivity contribution in [2.75, 3.05) is 23.4 Å². The maximum atomic E-state index is 13.6. The zero-order valence-electron chi connectivity index (χ0n) is 19.2. The molecule has 36 heavy (non-hydrogen) atoms. The minimum atomic E-state index is -4.59. The summed E-state index contributed by atoms with van der Waals surface area (Å²) in [5.41, 5.74) is 1.21. The predicted octanol–water partition coefficient (Wildman–Crippen LogP) is 3.77. The molecule has 1 unspecified atom stereocenters. The smallest absolute Gasteiger partial charge is 0.416 e. The molecule has 11 heteroatoms. The molecule has 0 spiro atoms. The van der Waals surface area contributed by atoms with Gasteiger partial charge in [0.25, 0.3) is 0 Å². The molecule has 2 aromatic rings. The Morgan fingerprint density at radius 3 is 2.50 bits per heavy atom. The fraction of sp³-hybridized carbons (Fsp3) is 0.360. The van der Waals surface area contributed by atoms with Crippen molar-refractivity contribution < 1.29 is 37.5 Å². The summed E-state index contributed by atoms with van der Waals surface area (Å²) >= 11 is 0. The highest BCUT2D eigenvalue weighted by atomic mass is 19.4. The molecule has 3 aliphatic rings. The number of amides is 4. The SMILES string of the molecule is CN1C(=O)CCc2cc(N3CC(C(=O)O)C(=O)N([C@@H]4CCc5c4cccc5C(F)(F)F)C3=O)ccc21. The van der Waals surface area contributed by atoms with E-state index in [1.54, 1.807) is 25.2 Å². The molecule has 5 rings (SSSR count). The van der Waals surface area contributed by atoms with Crippen molar-refractivity contribution >= 4 is 35.2 Å². The van der Waals surface area contributed by atoms with E-state index in [0.29, 0.717) is 17.8 Å². The summed E-state index contributed by atoms with van der Waals surface area (Å²) in [4.78, 5) is 54.3. The highest BCUT2D eigenvalue weighted by Crippen LogP contribution is 2.44. The molecular formula is C25H22F3N3O5. The second-order valence-corrected chi connectivity index (χ2v) is 9.18. The Hall–Kier alpha value is -3.89. The molecule has 1 N–H and O–H groups in total. The number of aliphatic carboxylic acids is 1. The molecule has 188 valence electrons. The Balaban J connectivity index is 1.55. The normalized spacial score (nSPS) is 22.1. The molecule has 0 saturated carbocycles. The van der Waals surface area contributed by atoms with Crippen molar-refractivity contribution in [3.63, 3.8) is 0 Å². The first kappa shape index (κ1) is 23.8. The van der Waals surface area contributed by atoms with Gasteiger partial charge in [-0.1, -0.05) is 12.1 Å². The number of carbonyl (C=O) groups excluding carboxylic acids is 3. The zero-order chi connectivity index (χ0) is 25.9. The molecular weight excluding hydrogens is 479 g/mol. The molecule has 2 aromatic carbocycles. The third kappa shape index (κ3) is 3.69. The van der Waals surface area contributed by atoms with Crippen LogP contribution in [0.3, 0.4) is 0 Å². The number of nitrogens with zero attached hydrogens (tertiary/aromatic N) is 3.